The maximum atomic E-state index is 12.6. The number of methoxy groups -OCH3 is 2. The molecule has 2 heterocycles. The summed E-state index contributed by atoms with van der Waals surface area (Å²) in [5.41, 5.74) is 2.05. The number of nitrogens with zero attached hydrogens (tertiary/aromatic N) is 3. The average Bonchev–Trinajstić information content (AvgIpc) is 3.46. The Labute approximate surface area is 154 Å². The van der Waals surface area contributed by atoms with Crippen LogP contribution in [0.4, 0.5) is 0 Å². The highest BCUT2D eigenvalue weighted by atomic mass is 16.5. The third kappa shape index (κ3) is 3.98. The standard InChI is InChI=1S/C20H25N3O3/c1-4-5-9-20(21-22-20)10-6-19(24)23-11-7-15-13-17(25-2)18(26-3)14-16(15)8-12-23/h1,13-14H,5-12H2,2-3H3. The van der Waals surface area contributed by atoms with Crippen molar-refractivity contribution in [3.05, 3.63) is 23.3 Å². The molecular weight excluding hydrogens is 330 g/mol. The maximum Gasteiger partial charge on any atom is 0.222 e. The smallest absolute Gasteiger partial charge is 0.222 e. The number of terminal acetylenes is 1. The van der Waals surface area contributed by atoms with Crippen molar-refractivity contribution < 1.29 is 14.3 Å². The van der Waals surface area contributed by atoms with E-state index in [0.717, 1.165) is 30.8 Å². The van der Waals surface area contributed by atoms with Crippen molar-refractivity contribution in [1.82, 2.24) is 4.90 Å². The summed E-state index contributed by atoms with van der Waals surface area (Å²) in [4.78, 5) is 14.6. The Morgan fingerprint density at radius 3 is 2.19 bits per heavy atom. The van der Waals surface area contributed by atoms with Gasteiger partial charge in [0.2, 0.25) is 5.91 Å². The van der Waals surface area contributed by atoms with Crippen molar-refractivity contribution in [2.75, 3.05) is 27.3 Å². The van der Waals surface area contributed by atoms with Gasteiger partial charge in [0.05, 0.1) is 14.2 Å². The number of rotatable bonds is 7. The van der Waals surface area contributed by atoms with Crippen molar-refractivity contribution in [1.29, 1.82) is 0 Å². The van der Waals surface area contributed by atoms with Crippen LogP contribution < -0.4 is 9.47 Å². The first-order valence-electron chi connectivity index (χ1n) is 9.00. The summed E-state index contributed by atoms with van der Waals surface area (Å²) < 4.78 is 10.8. The predicted octanol–water partition coefficient (Wildman–Crippen LogP) is 2.99. The molecule has 1 amide bonds. The molecule has 2 aliphatic rings. The molecule has 6 nitrogen and oxygen atoms in total. The van der Waals surface area contributed by atoms with Gasteiger partial charge in [-0.15, -0.1) is 12.3 Å². The lowest BCUT2D eigenvalue weighted by molar-refractivity contribution is -0.131. The molecule has 0 fully saturated rings. The number of carbonyl (C=O) groups excluding carboxylic acids is 1. The topological polar surface area (TPSA) is 63.5 Å². The minimum Gasteiger partial charge on any atom is -0.493 e. The lowest BCUT2D eigenvalue weighted by Crippen LogP contribution is -2.34. The third-order valence-corrected chi connectivity index (χ3v) is 5.15. The molecule has 1 aromatic carbocycles. The van der Waals surface area contributed by atoms with E-state index in [1.54, 1.807) is 14.2 Å². The van der Waals surface area contributed by atoms with Gasteiger partial charge >= 0.3 is 0 Å². The molecule has 2 aliphatic heterocycles. The van der Waals surface area contributed by atoms with E-state index in [-0.39, 0.29) is 5.91 Å². The molecule has 0 bridgehead atoms. The van der Waals surface area contributed by atoms with Crippen molar-refractivity contribution in [2.24, 2.45) is 10.2 Å². The first kappa shape index (κ1) is 18.2. The predicted molar refractivity (Wildman–Crippen MR) is 98.4 cm³/mol. The maximum absolute atomic E-state index is 12.6. The van der Waals surface area contributed by atoms with Gasteiger partial charge < -0.3 is 14.4 Å². The average molecular weight is 355 g/mol. The zero-order chi connectivity index (χ0) is 18.6. The van der Waals surface area contributed by atoms with E-state index in [2.05, 4.69) is 16.1 Å². The van der Waals surface area contributed by atoms with Gasteiger partial charge in [-0.05, 0) is 36.1 Å². The van der Waals surface area contributed by atoms with Gasteiger partial charge in [-0.1, -0.05) is 0 Å². The van der Waals surface area contributed by atoms with Gasteiger partial charge in [0, 0.05) is 38.8 Å². The molecule has 138 valence electrons. The molecule has 0 unspecified atom stereocenters. The van der Waals surface area contributed by atoms with Gasteiger partial charge in [-0.3, -0.25) is 4.79 Å². The summed E-state index contributed by atoms with van der Waals surface area (Å²) in [6, 6.07) is 4.05. The normalized spacial score (nSPS) is 17.0. The number of hydrogen-bond donors (Lipinski definition) is 0. The van der Waals surface area contributed by atoms with Gasteiger partial charge in [-0.2, -0.15) is 10.2 Å². The monoisotopic (exact) mass is 355 g/mol. The number of fused-ring (bicyclic) bond motifs is 1. The molecule has 6 heteroatoms. The van der Waals surface area contributed by atoms with Crippen molar-refractivity contribution in [2.45, 2.75) is 44.2 Å². The summed E-state index contributed by atoms with van der Waals surface area (Å²) in [7, 11) is 3.28. The van der Waals surface area contributed by atoms with Crippen molar-refractivity contribution in [3.63, 3.8) is 0 Å². The summed E-state index contributed by atoms with van der Waals surface area (Å²) in [6.45, 7) is 1.43. The number of benzene rings is 1. The zero-order valence-electron chi connectivity index (χ0n) is 15.5. The number of amides is 1. The molecule has 0 saturated heterocycles. The quantitative estimate of drug-likeness (QED) is 0.706. The molecule has 0 N–H and O–H groups in total. The van der Waals surface area contributed by atoms with E-state index in [1.807, 2.05) is 17.0 Å². The first-order chi connectivity index (χ1) is 12.6. The van der Waals surface area contributed by atoms with E-state index >= 15 is 0 Å². The van der Waals surface area contributed by atoms with Crippen LogP contribution in [-0.2, 0) is 17.6 Å². The fraction of sp³-hybridized carbons (Fsp3) is 0.550. The minimum atomic E-state index is -0.391. The van der Waals surface area contributed by atoms with Crippen LogP contribution in [0, 0.1) is 12.3 Å². The molecular formula is C20H25N3O3. The third-order valence-electron chi connectivity index (χ3n) is 5.15. The fourth-order valence-electron chi connectivity index (χ4n) is 3.43. The molecule has 0 atom stereocenters. The van der Waals surface area contributed by atoms with Gasteiger partial charge in [-0.25, -0.2) is 0 Å². The van der Waals surface area contributed by atoms with Crippen LogP contribution >= 0.6 is 0 Å². The van der Waals surface area contributed by atoms with Gasteiger partial charge in [0.1, 0.15) is 0 Å². The number of carbonyl (C=O) groups is 1. The first-order valence-corrected chi connectivity index (χ1v) is 9.00. The van der Waals surface area contributed by atoms with Crippen LogP contribution in [0.25, 0.3) is 0 Å². The molecule has 0 saturated carbocycles. The van der Waals surface area contributed by atoms with Crippen molar-refractivity contribution in [3.8, 4) is 23.8 Å². The van der Waals surface area contributed by atoms with Crippen LogP contribution in [0.15, 0.2) is 22.4 Å². The van der Waals surface area contributed by atoms with Crippen LogP contribution in [-0.4, -0.2) is 43.8 Å². The Hall–Kier alpha value is -2.55. The summed E-state index contributed by atoms with van der Waals surface area (Å²) >= 11 is 0. The fourth-order valence-corrected chi connectivity index (χ4v) is 3.43. The van der Waals surface area contributed by atoms with E-state index in [9.17, 15) is 4.79 Å². The second kappa shape index (κ2) is 7.77. The van der Waals surface area contributed by atoms with Crippen LogP contribution in [0.1, 0.15) is 36.8 Å². The van der Waals surface area contributed by atoms with Crippen LogP contribution in [0.2, 0.25) is 0 Å². The molecule has 0 spiro atoms. The Morgan fingerprint density at radius 1 is 1.15 bits per heavy atom. The Bertz CT molecular complexity index is 710. The molecule has 0 radical (unpaired) electrons. The van der Waals surface area contributed by atoms with E-state index < -0.39 is 5.66 Å². The Balaban J connectivity index is 1.58. The van der Waals surface area contributed by atoms with E-state index in [4.69, 9.17) is 15.9 Å². The lowest BCUT2D eigenvalue weighted by atomic mass is 10.0. The highest BCUT2D eigenvalue weighted by molar-refractivity contribution is 5.76. The van der Waals surface area contributed by atoms with Gasteiger partial charge in [0.15, 0.2) is 17.2 Å². The summed E-state index contributed by atoms with van der Waals surface area (Å²) in [5, 5.41) is 8.22. The lowest BCUT2D eigenvalue weighted by Gasteiger charge is -2.21. The Kier molecular flexibility index (Phi) is 5.46. The second-order valence-corrected chi connectivity index (χ2v) is 6.74. The molecule has 0 aliphatic carbocycles. The highest BCUT2D eigenvalue weighted by Gasteiger charge is 2.39. The second-order valence-electron chi connectivity index (χ2n) is 6.74. The molecule has 1 aromatic rings. The summed E-state index contributed by atoms with van der Waals surface area (Å²) in [6.07, 6.45) is 9.44. The molecule has 0 aromatic heterocycles. The Morgan fingerprint density at radius 2 is 1.73 bits per heavy atom. The largest absolute Gasteiger partial charge is 0.493 e. The van der Waals surface area contributed by atoms with Crippen molar-refractivity contribution >= 4 is 5.91 Å². The van der Waals surface area contributed by atoms with E-state index in [0.29, 0.717) is 32.4 Å². The molecule has 3 rings (SSSR count). The van der Waals surface area contributed by atoms with Gasteiger partial charge in [0.25, 0.3) is 0 Å². The molecule has 26 heavy (non-hydrogen) atoms. The SMILES string of the molecule is C#CCCC1(CCC(=O)N2CCc3cc(OC)c(OC)cc3CC2)N=N1. The van der Waals surface area contributed by atoms with Crippen LogP contribution in [0.3, 0.4) is 0 Å². The van der Waals surface area contributed by atoms with Crippen LogP contribution in [0.5, 0.6) is 11.5 Å². The zero-order valence-corrected chi connectivity index (χ0v) is 15.5. The summed E-state index contributed by atoms with van der Waals surface area (Å²) in [5.74, 6) is 4.25. The number of hydrogen-bond acceptors (Lipinski definition) is 5. The minimum absolute atomic E-state index is 0.161. The highest BCUT2D eigenvalue weighted by Crippen LogP contribution is 2.38. The van der Waals surface area contributed by atoms with E-state index in [1.165, 1.54) is 11.1 Å². The number of ether oxygens (including phenoxy) is 2.